The van der Waals surface area contributed by atoms with Gasteiger partial charge < -0.3 is 4.90 Å². The quantitative estimate of drug-likeness (QED) is 0.245. The molecular formula is C27H27BrCl2N6O. The Bertz CT molecular complexity index is 1420. The zero-order valence-electron chi connectivity index (χ0n) is 20.8. The van der Waals surface area contributed by atoms with Crippen LogP contribution in [0.15, 0.2) is 53.1 Å². The smallest absolute Gasteiger partial charge is 0.253 e. The van der Waals surface area contributed by atoms with Gasteiger partial charge in [-0.1, -0.05) is 34.5 Å². The Labute approximate surface area is 234 Å². The van der Waals surface area contributed by atoms with Crippen molar-refractivity contribution in [1.29, 1.82) is 0 Å². The third-order valence-corrected chi connectivity index (χ3v) is 8.98. The minimum absolute atomic E-state index is 0.0287. The van der Waals surface area contributed by atoms with Gasteiger partial charge in [0.1, 0.15) is 5.69 Å². The molecule has 5 rings (SSSR count). The summed E-state index contributed by atoms with van der Waals surface area (Å²) < 4.78 is 4.79. The predicted molar refractivity (Wildman–Crippen MR) is 150 cm³/mol. The third-order valence-electron chi connectivity index (χ3n) is 7.20. The maximum absolute atomic E-state index is 13.2. The van der Waals surface area contributed by atoms with Crippen LogP contribution in [0, 0.1) is 13.8 Å². The molecule has 1 aliphatic rings. The molecular weight excluding hydrogens is 575 g/mol. The largest absolute Gasteiger partial charge is 0.339 e. The van der Waals surface area contributed by atoms with E-state index in [1.54, 1.807) is 12.1 Å². The molecule has 0 saturated heterocycles. The summed E-state index contributed by atoms with van der Waals surface area (Å²) in [5, 5.41) is 14.4. The van der Waals surface area contributed by atoms with Crippen LogP contribution < -0.4 is 0 Å². The summed E-state index contributed by atoms with van der Waals surface area (Å²) in [5.41, 5.74) is 4.93. The molecule has 7 nitrogen and oxygen atoms in total. The van der Waals surface area contributed by atoms with Gasteiger partial charge in [0.2, 0.25) is 0 Å². The number of aryl methyl sites for hydroxylation is 1. The van der Waals surface area contributed by atoms with Gasteiger partial charge in [-0.05, 0) is 91.9 Å². The maximum Gasteiger partial charge on any atom is 0.253 e. The summed E-state index contributed by atoms with van der Waals surface area (Å²) in [6.07, 6.45) is 5.52. The topological polar surface area (TPSA) is 68.8 Å². The second-order valence-corrected chi connectivity index (χ2v) is 11.1. The van der Waals surface area contributed by atoms with E-state index in [4.69, 9.17) is 23.2 Å². The fourth-order valence-electron chi connectivity index (χ4n) is 5.01. The Balaban J connectivity index is 1.22. The van der Waals surface area contributed by atoms with Gasteiger partial charge in [0.15, 0.2) is 0 Å². The van der Waals surface area contributed by atoms with Gasteiger partial charge >= 0.3 is 0 Å². The number of hydrogen-bond acceptors (Lipinski definition) is 4. The monoisotopic (exact) mass is 600 g/mol. The van der Waals surface area contributed by atoms with E-state index in [0.29, 0.717) is 26.9 Å². The van der Waals surface area contributed by atoms with Crippen molar-refractivity contribution in [2.45, 2.75) is 51.6 Å². The highest BCUT2D eigenvalue weighted by Gasteiger charge is 2.29. The minimum Gasteiger partial charge on any atom is -0.339 e. The van der Waals surface area contributed by atoms with Crippen LogP contribution in [-0.2, 0) is 0 Å². The van der Waals surface area contributed by atoms with Crippen molar-refractivity contribution < 1.29 is 4.79 Å². The van der Waals surface area contributed by atoms with Gasteiger partial charge in [-0.25, -0.2) is 9.36 Å². The Kier molecular flexibility index (Phi) is 7.43. The van der Waals surface area contributed by atoms with E-state index in [1.165, 1.54) is 0 Å². The van der Waals surface area contributed by atoms with Crippen molar-refractivity contribution in [3.8, 4) is 16.9 Å². The first kappa shape index (κ1) is 25.9. The first-order valence-electron chi connectivity index (χ1n) is 12.2. The Hall–Kier alpha value is -2.68. The number of aromatic nitrogens is 5. The molecule has 0 radical (unpaired) electrons. The number of rotatable bonds is 5. The van der Waals surface area contributed by atoms with E-state index in [2.05, 4.69) is 31.3 Å². The van der Waals surface area contributed by atoms with Crippen molar-refractivity contribution in [2.24, 2.45) is 0 Å². The van der Waals surface area contributed by atoms with Crippen molar-refractivity contribution in [1.82, 2.24) is 29.7 Å². The summed E-state index contributed by atoms with van der Waals surface area (Å²) in [6, 6.07) is 13.4. The second kappa shape index (κ2) is 10.6. The highest BCUT2D eigenvalue weighted by molar-refractivity contribution is 9.10. The van der Waals surface area contributed by atoms with E-state index in [1.807, 2.05) is 71.7 Å². The molecule has 0 unspecified atom stereocenters. The first-order valence-corrected chi connectivity index (χ1v) is 13.7. The molecule has 0 atom stereocenters. The van der Waals surface area contributed by atoms with Crippen LogP contribution in [0.5, 0.6) is 0 Å². The molecule has 0 N–H and O–H groups in total. The molecule has 4 aromatic rings. The number of benzene rings is 2. The summed E-state index contributed by atoms with van der Waals surface area (Å²) in [6.45, 7) is 3.98. The summed E-state index contributed by atoms with van der Waals surface area (Å²) >= 11 is 16.3. The lowest BCUT2D eigenvalue weighted by molar-refractivity contribution is 0.0675. The van der Waals surface area contributed by atoms with Gasteiger partial charge in [0.05, 0.1) is 43.8 Å². The average Bonchev–Trinajstić information content (AvgIpc) is 3.49. The highest BCUT2D eigenvalue weighted by atomic mass is 79.9. The number of carbonyl (C=O) groups excluding carboxylic acids is 1. The molecule has 2 aromatic carbocycles. The summed E-state index contributed by atoms with van der Waals surface area (Å²) in [4.78, 5) is 15.1. The molecule has 1 saturated carbocycles. The van der Waals surface area contributed by atoms with Crippen molar-refractivity contribution in [2.75, 3.05) is 7.05 Å². The number of halogens is 3. The van der Waals surface area contributed by atoms with E-state index < -0.39 is 0 Å². The standard InChI is InChI=1S/C27H27BrCl2N6O/c1-16-26(28)17(2)36(32-16)21-9-7-18(8-10-21)27(37)34(3)19-11-13-20(14-12-19)35-15-24(31-33-35)25-22(29)5-4-6-23(25)30/h4-10,15,19-20H,11-14H2,1-3H3. The summed E-state index contributed by atoms with van der Waals surface area (Å²) in [7, 11) is 1.90. The van der Waals surface area contributed by atoms with Gasteiger partial charge in [0, 0.05) is 24.2 Å². The molecule has 0 spiro atoms. The third kappa shape index (κ3) is 5.07. The average molecular weight is 602 g/mol. The predicted octanol–water partition coefficient (Wildman–Crippen LogP) is 7.07. The zero-order valence-corrected chi connectivity index (χ0v) is 23.9. The SMILES string of the molecule is Cc1nn(-c2ccc(C(=O)N(C)C3CCC(n4cc(-c5c(Cl)cccc5Cl)nn4)CC3)cc2)c(C)c1Br. The number of hydrogen-bond donors (Lipinski definition) is 0. The Morgan fingerprint density at radius 1 is 1.03 bits per heavy atom. The second-order valence-electron chi connectivity index (χ2n) is 9.50. The molecule has 1 fully saturated rings. The molecule has 2 aromatic heterocycles. The van der Waals surface area contributed by atoms with Gasteiger partial charge in [-0.2, -0.15) is 5.10 Å². The zero-order chi connectivity index (χ0) is 26.3. The lowest BCUT2D eigenvalue weighted by Gasteiger charge is -2.34. The van der Waals surface area contributed by atoms with Crippen LogP contribution in [0.4, 0.5) is 0 Å². The number of carbonyl (C=O) groups is 1. The van der Waals surface area contributed by atoms with Crippen LogP contribution in [0.25, 0.3) is 16.9 Å². The fraction of sp³-hybridized carbons (Fsp3) is 0.333. The molecule has 0 aliphatic heterocycles. The molecule has 192 valence electrons. The van der Waals surface area contributed by atoms with Crippen LogP contribution in [0.1, 0.15) is 53.5 Å². The van der Waals surface area contributed by atoms with Crippen molar-refractivity contribution >= 4 is 45.0 Å². The van der Waals surface area contributed by atoms with Gasteiger partial charge in [-0.3, -0.25) is 4.79 Å². The molecule has 37 heavy (non-hydrogen) atoms. The normalized spacial score (nSPS) is 17.7. The van der Waals surface area contributed by atoms with Crippen molar-refractivity contribution in [3.63, 3.8) is 0 Å². The van der Waals surface area contributed by atoms with E-state index in [-0.39, 0.29) is 18.0 Å². The van der Waals surface area contributed by atoms with E-state index in [9.17, 15) is 4.79 Å². The number of nitrogens with zero attached hydrogens (tertiary/aromatic N) is 6. The van der Waals surface area contributed by atoms with E-state index in [0.717, 1.165) is 47.2 Å². The van der Waals surface area contributed by atoms with E-state index >= 15 is 0 Å². The van der Waals surface area contributed by atoms with Crippen molar-refractivity contribution in [3.05, 3.63) is 80.1 Å². The Morgan fingerprint density at radius 2 is 1.68 bits per heavy atom. The summed E-state index contributed by atoms with van der Waals surface area (Å²) in [5.74, 6) is 0.0287. The number of amides is 1. The van der Waals surface area contributed by atoms with Crippen LogP contribution in [-0.4, -0.2) is 48.7 Å². The maximum atomic E-state index is 13.2. The Morgan fingerprint density at radius 3 is 2.27 bits per heavy atom. The molecule has 1 aliphatic carbocycles. The highest BCUT2D eigenvalue weighted by Crippen LogP contribution is 2.35. The molecule has 2 heterocycles. The van der Waals surface area contributed by atoms with Gasteiger partial charge in [0.25, 0.3) is 5.91 Å². The van der Waals surface area contributed by atoms with Gasteiger partial charge in [-0.15, -0.1) is 5.10 Å². The lowest BCUT2D eigenvalue weighted by Crippen LogP contribution is -2.39. The molecule has 1 amide bonds. The van der Waals surface area contributed by atoms with Crippen LogP contribution >= 0.6 is 39.1 Å². The van der Waals surface area contributed by atoms with Crippen LogP contribution in [0.2, 0.25) is 10.0 Å². The molecule has 10 heteroatoms. The minimum atomic E-state index is 0.0287. The first-order chi connectivity index (χ1) is 17.7. The lowest BCUT2D eigenvalue weighted by atomic mass is 9.90. The fourth-order valence-corrected chi connectivity index (χ4v) is 5.85. The van der Waals surface area contributed by atoms with Crippen LogP contribution in [0.3, 0.4) is 0 Å². The molecule has 0 bridgehead atoms.